The molecule has 21 heavy (non-hydrogen) atoms. The van der Waals surface area contributed by atoms with Gasteiger partial charge in [0, 0.05) is 6.07 Å². The monoisotopic (exact) mass is 297 g/mol. The van der Waals surface area contributed by atoms with Crippen LogP contribution in [0.25, 0.3) is 0 Å². The molecule has 1 aromatic rings. The minimum absolute atomic E-state index is 0.0289. The highest BCUT2D eigenvalue weighted by Gasteiger charge is 2.13. The summed E-state index contributed by atoms with van der Waals surface area (Å²) in [6.45, 7) is -0.0617. The van der Waals surface area contributed by atoms with Gasteiger partial charge < -0.3 is 30.9 Å². The van der Waals surface area contributed by atoms with Crippen LogP contribution in [0.15, 0.2) is 18.2 Å². The molecule has 0 saturated carbocycles. The number of methoxy groups -OCH3 is 1. The van der Waals surface area contributed by atoms with E-state index in [-0.39, 0.29) is 24.4 Å². The summed E-state index contributed by atoms with van der Waals surface area (Å²) in [5, 5.41) is 13.8. The van der Waals surface area contributed by atoms with Crippen LogP contribution in [0.2, 0.25) is 0 Å². The molecule has 0 heterocycles. The minimum Gasteiger partial charge on any atom is -0.497 e. The highest BCUT2D eigenvalue weighted by Crippen LogP contribution is 2.22. The lowest BCUT2D eigenvalue weighted by Gasteiger charge is -2.11. The average Bonchev–Trinajstić information content (AvgIpc) is 2.43. The first-order valence-corrected chi connectivity index (χ1v) is 5.82. The molecule has 0 radical (unpaired) electrons. The molecule has 0 aliphatic heterocycles. The van der Waals surface area contributed by atoms with Gasteiger partial charge in [-0.25, -0.2) is 14.4 Å². The maximum absolute atomic E-state index is 11.6. The molecule has 1 aromatic carbocycles. The van der Waals surface area contributed by atoms with Gasteiger partial charge in [0.25, 0.3) is 0 Å². The predicted octanol–water partition coefficient (Wildman–Crippen LogP) is 0.610. The molecule has 3 amide bonds. The molecule has 114 valence electrons. The van der Waals surface area contributed by atoms with E-state index in [1.54, 1.807) is 0 Å². The summed E-state index contributed by atoms with van der Waals surface area (Å²) in [4.78, 5) is 33.0. The number of rotatable bonds is 6. The Hall–Kier alpha value is -2.97. The van der Waals surface area contributed by atoms with E-state index in [0.717, 1.165) is 0 Å². The zero-order valence-corrected chi connectivity index (χ0v) is 11.2. The topological polar surface area (TPSA) is 140 Å². The third-order valence-corrected chi connectivity index (χ3v) is 2.34. The second-order valence-corrected chi connectivity index (χ2v) is 3.77. The summed E-state index contributed by atoms with van der Waals surface area (Å²) in [5.74, 6) is -0.794. The molecule has 0 aromatic heterocycles. The number of carboxylic acids is 1. The van der Waals surface area contributed by atoms with Crippen molar-refractivity contribution in [3.8, 4) is 5.75 Å². The lowest BCUT2D eigenvalue weighted by Crippen LogP contribution is -2.33. The molecular weight excluding hydrogens is 282 g/mol. The highest BCUT2D eigenvalue weighted by molar-refractivity contribution is 6.00. The second-order valence-electron chi connectivity index (χ2n) is 3.77. The van der Waals surface area contributed by atoms with Crippen molar-refractivity contribution in [1.82, 2.24) is 5.32 Å². The van der Waals surface area contributed by atoms with Gasteiger partial charge in [-0.15, -0.1) is 0 Å². The molecule has 0 atom stereocenters. The van der Waals surface area contributed by atoms with Gasteiger partial charge in [0.1, 0.15) is 12.4 Å². The standard InChI is InChI=1S/C12H15N3O6/c1-20-7-2-3-8(10(16)17)9(6-7)15-12(19)14-4-5-21-11(13)18/h2-3,6H,4-5H2,1H3,(H2,13,18)(H,16,17)(H2,14,15,19). The van der Waals surface area contributed by atoms with Gasteiger partial charge in [0.2, 0.25) is 0 Å². The van der Waals surface area contributed by atoms with Crippen molar-refractivity contribution in [3.63, 3.8) is 0 Å². The first-order chi connectivity index (χ1) is 9.93. The normalized spacial score (nSPS) is 9.57. The van der Waals surface area contributed by atoms with Gasteiger partial charge in [-0.2, -0.15) is 0 Å². The molecule has 0 fully saturated rings. The molecule has 0 spiro atoms. The van der Waals surface area contributed by atoms with Crippen LogP contribution in [0.4, 0.5) is 15.3 Å². The van der Waals surface area contributed by atoms with E-state index in [1.807, 2.05) is 0 Å². The summed E-state index contributed by atoms with van der Waals surface area (Å²) < 4.78 is 9.38. The molecule has 0 unspecified atom stereocenters. The molecule has 9 heteroatoms. The molecule has 5 N–H and O–H groups in total. The fourth-order valence-electron chi connectivity index (χ4n) is 1.42. The fraction of sp³-hybridized carbons (Fsp3) is 0.250. The van der Waals surface area contributed by atoms with Gasteiger partial charge >= 0.3 is 18.1 Å². The first-order valence-electron chi connectivity index (χ1n) is 5.82. The second kappa shape index (κ2) is 7.58. The molecule has 0 aliphatic carbocycles. The maximum Gasteiger partial charge on any atom is 0.404 e. The SMILES string of the molecule is COc1ccc(C(=O)O)c(NC(=O)NCCOC(N)=O)c1. The fourth-order valence-corrected chi connectivity index (χ4v) is 1.42. The summed E-state index contributed by atoms with van der Waals surface area (Å²) >= 11 is 0. The number of hydrogen-bond acceptors (Lipinski definition) is 5. The number of aromatic carboxylic acids is 1. The molecule has 0 saturated heterocycles. The number of urea groups is 1. The lowest BCUT2D eigenvalue weighted by molar-refractivity contribution is 0.0698. The van der Waals surface area contributed by atoms with Crippen molar-refractivity contribution in [2.45, 2.75) is 0 Å². The third kappa shape index (κ3) is 5.27. The zero-order chi connectivity index (χ0) is 15.8. The van der Waals surface area contributed by atoms with E-state index in [1.165, 1.54) is 25.3 Å². The Balaban J connectivity index is 2.65. The summed E-state index contributed by atoms with van der Waals surface area (Å²) in [5.41, 5.74) is 4.74. The molecule has 0 bridgehead atoms. The largest absolute Gasteiger partial charge is 0.497 e. The average molecular weight is 297 g/mol. The Morgan fingerprint density at radius 2 is 2.05 bits per heavy atom. The number of ether oxygens (including phenoxy) is 2. The van der Waals surface area contributed by atoms with E-state index in [9.17, 15) is 14.4 Å². The quantitative estimate of drug-likeness (QED) is 0.567. The Morgan fingerprint density at radius 3 is 2.62 bits per heavy atom. The summed E-state index contributed by atoms with van der Waals surface area (Å²) in [6, 6.07) is 3.50. The number of nitrogens with one attached hydrogen (secondary N) is 2. The van der Waals surface area contributed by atoms with E-state index in [2.05, 4.69) is 15.4 Å². The highest BCUT2D eigenvalue weighted by atomic mass is 16.5. The minimum atomic E-state index is -1.19. The van der Waals surface area contributed by atoms with Gasteiger partial charge in [0.15, 0.2) is 0 Å². The molecule has 0 aliphatic rings. The number of carbonyl (C=O) groups is 3. The Bertz CT molecular complexity index is 546. The van der Waals surface area contributed by atoms with Crippen LogP contribution in [0.1, 0.15) is 10.4 Å². The van der Waals surface area contributed by atoms with Crippen LogP contribution in [-0.4, -0.2) is 43.5 Å². The smallest absolute Gasteiger partial charge is 0.404 e. The van der Waals surface area contributed by atoms with Crippen LogP contribution in [0, 0.1) is 0 Å². The lowest BCUT2D eigenvalue weighted by atomic mass is 10.1. The molecule has 9 nitrogen and oxygen atoms in total. The van der Waals surface area contributed by atoms with E-state index in [4.69, 9.17) is 15.6 Å². The van der Waals surface area contributed by atoms with Crippen LogP contribution < -0.4 is 21.1 Å². The predicted molar refractivity (Wildman–Crippen MR) is 72.5 cm³/mol. The maximum atomic E-state index is 11.6. The van der Waals surface area contributed by atoms with Crippen LogP contribution in [0.5, 0.6) is 5.75 Å². The van der Waals surface area contributed by atoms with Crippen molar-refractivity contribution in [2.75, 3.05) is 25.6 Å². The zero-order valence-electron chi connectivity index (χ0n) is 11.2. The van der Waals surface area contributed by atoms with Crippen LogP contribution in [-0.2, 0) is 4.74 Å². The molecule has 1 rings (SSSR count). The van der Waals surface area contributed by atoms with Crippen LogP contribution in [0.3, 0.4) is 0 Å². The van der Waals surface area contributed by atoms with E-state index in [0.29, 0.717) is 5.75 Å². The number of anilines is 1. The first kappa shape index (κ1) is 16.1. The number of benzene rings is 1. The summed E-state index contributed by atoms with van der Waals surface area (Å²) in [6.07, 6.45) is -0.946. The number of primary amides is 1. The Morgan fingerprint density at radius 1 is 1.33 bits per heavy atom. The van der Waals surface area contributed by atoms with Crippen LogP contribution >= 0.6 is 0 Å². The van der Waals surface area contributed by atoms with E-state index >= 15 is 0 Å². The van der Waals surface area contributed by atoms with Crippen molar-refractivity contribution >= 4 is 23.8 Å². The van der Waals surface area contributed by atoms with Gasteiger partial charge in [-0.3, -0.25) is 0 Å². The third-order valence-electron chi connectivity index (χ3n) is 2.34. The number of amides is 3. The van der Waals surface area contributed by atoms with Gasteiger partial charge in [0.05, 0.1) is 24.9 Å². The number of hydrogen-bond donors (Lipinski definition) is 4. The molecular formula is C12H15N3O6. The Labute approximate surface area is 120 Å². The van der Waals surface area contributed by atoms with Gasteiger partial charge in [-0.1, -0.05) is 0 Å². The number of nitrogens with two attached hydrogens (primary N) is 1. The number of carboxylic acid groups (broad SMARTS) is 1. The van der Waals surface area contributed by atoms with Crippen molar-refractivity contribution in [1.29, 1.82) is 0 Å². The number of carbonyl (C=O) groups excluding carboxylic acids is 2. The Kier molecular flexibility index (Phi) is 5.80. The summed E-state index contributed by atoms with van der Waals surface area (Å²) in [7, 11) is 1.42. The van der Waals surface area contributed by atoms with Gasteiger partial charge in [-0.05, 0) is 12.1 Å². The van der Waals surface area contributed by atoms with Crippen molar-refractivity contribution in [2.24, 2.45) is 5.73 Å². The van der Waals surface area contributed by atoms with Crippen molar-refractivity contribution < 1.29 is 29.0 Å². The van der Waals surface area contributed by atoms with E-state index < -0.39 is 18.1 Å². The van der Waals surface area contributed by atoms with Crippen molar-refractivity contribution in [3.05, 3.63) is 23.8 Å².